The van der Waals surface area contributed by atoms with Crippen LogP contribution in [0.15, 0.2) is 35.3 Å². The standard InChI is InChI=1S/C19H27N9O/c1-27-9-11-28(12-10-27)8-7-23-17-14(13-5-3-2-4-6-13)24-15(16(20)25-17)18(29)26-19(21)22/h2-6H,7-12H2,1H3,(H3,20,23,25)(H4,21,22,26,29). The molecule has 1 saturated heterocycles. The number of piperazine rings is 1. The Balaban J connectivity index is 1.82. The number of nitrogens with zero attached hydrogens (tertiary/aromatic N) is 5. The highest BCUT2D eigenvalue weighted by molar-refractivity contribution is 6.03. The number of amides is 1. The second-order valence-corrected chi connectivity index (χ2v) is 6.93. The zero-order valence-corrected chi connectivity index (χ0v) is 16.5. The summed E-state index contributed by atoms with van der Waals surface area (Å²) in [7, 11) is 2.13. The molecule has 3 rings (SSSR count). The first-order valence-electron chi connectivity index (χ1n) is 9.45. The van der Waals surface area contributed by atoms with Gasteiger partial charge in [0.25, 0.3) is 0 Å². The average molecular weight is 397 g/mol. The average Bonchev–Trinajstić information content (AvgIpc) is 2.69. The fourth-order valence-electron chi connectivity index (χ4n) is 3.10. The Morgan fingerprint density at radius 1 is 1.14 bits per heavy atom. The van der Waals surface area contributed by atoms with Crippen LogP contribution >= 0.6 is 0 Å². The van der Waals surface area contributed by atoms with E-state index in [2.05, 4.69) is 37.1 Å². The van der Waals surface area contributed by atoms with Gasteiger partial charge in [-0.15, -0.1) is 0 Å². The molecule has 0 radical (unpaired) electrons. The molecule has 10 heteroatoms. The van der Waals surface area contributed by atoms with E-state index in [9.17, 15) is 4.79 Å². The molecule has 0 spiro atoms. The number of anilines is 2. The molecule has 154 valence electrons. The molecule has 1 aliphatic rings. The summed E-state index contributed by atoms with van der Waals surface area (Å²) in [6.45, 7) is 5.73. The van der Waals surface area contributed by atoms with E-state index in [0.717, 1.165) is 38.3 Å². The Hall–Kier alpha value is -3.24. The maximum Gasteiger partial charge on any atom is 0.302 e. The van der Waals surface area contributed by atoms with Gasteiger partial charge >= 0.3 is 5.91 Å². The molecule has 2 heterocycles. The van der Waals surface area contributed by atoms with Crippen LogP contribution in [-0.4, -0.2) is 78.0 Å². The van der Waals surface area contributed by atoms with E-state index < -0.39 is 5.91 Å². The molecule has 1 aromatic heterocycles. The number of rotatable bonds is 6. The van der Waals surface area contributed by atoms with Gasteiger partial charge in [-0.3, -0.25) is 9.69 Å². The predicted octanol–water partition coefficient (Wildman–Crippen LogP) is -0.201. The van der Waals surface area contributed by atoms with Gasteiger partial charge in [-0.1, -0.05) is 30.3 Å². The molecule has 0 aliphatic carbocycles. The Morgan fingerprint density at radius 2 is 1.83 bits per heavy atom. The van der Waals surface area contributed by atoms with Crippen molar-refractivity contribution < 1.29 is 4.79 Å². The second kappa shape index (κ2) is 9.30. The number of guanidine groups is 1. The minimum absolute atomic E-state index is 0.0261. The summed E-state index contributed by atoms with van der Waals surface area (Å²) in [4.78, 5) is 29.3. The van der Waals surface area contributed by atoms with Crippen LogP contribution in [-0.2, 0) is 0 Å². The number of nitrogens with one attached hydrogen (secondary N) is 1. The lowest BCUT2D eigenvalue weighted by Crippen LogP contribution is -2.45. The monoisotopic (exact) mass is 397 g/mol. The Kier molecular flexibility index (Phi) is 6.57. The third-order valence-electron chi connectivity index (χ3n) is 4.72. The summed E-state index contributed by atoms with van der Waals surface area (Å²) in [6, 6.07) is 9.46. The SMILES string of the molecule is CN1CCN(CCNc2nc(N)c(C(=O)N=C(N)N)nc2-c2ccccc2)CC1. The molecule has 7 N–H and O–H groups in total. The summed E-state index contributed by atoms with van der Waals surface area (Å²) in [6.07, 6.45) is 0. The summed E-state index contributed by atoms with van der Waals surface area (Å²) >= 11 is 0. The largest absolute Gasteiger partial charge is 0.382 e. The van der Waals surface area contributed by atoms with E-state index in [0.29, 0.717) is 18.1 Å². The van der Waals surface area contributed by atoms with Crippen molar-refractivity contribution in [3.63, 3.8) is 0 Å². The Labute approximate surface area is 169 Å². The molecule has 29 heavy (non-hydrogen) atoms. The first kappa shape index (κ1) is 20.5. The molecule has 0 unspecified atom stereocenters. The summed E-state index contributed by atoms with van der Waals surface area (Å²) in [5, 5.41) is 3.31. The first-order chi connectivity index (χ1) is 13.9. The number of nitrogens with two attached hydrogens (primary N) is 3. The minimum atomic E-state index is -0.726. The van der Waals surface area contributed by atoms with Gasteiger partial charge in [-0.2, -0.15) is 4.99 Å². The molecule has 0 bridgehead atoms. The number of benzene rings is 1. The molecular weight excluding hydrogens is 370 g/mol. The van der Waals surface area contributed by atoms with Crippen molar-refractivity contribution in [3.05, 3.63) is 36.0 Å². The van der Waals surface area contributed by atoms with Crippen LogP contribution in [0.1, 0.15) is 10.5 Å². The van der Waals surface area contributed by atoms with Crippen LogP contribution in [0.5, 0.6) is 0 Å². The van der Waals surface area contributed by atoms with Crippen LogP contribution in [0.25, 0.3) is 11.3 Å². The number of hydrogen-bond acceptors (Lipinski definition) is 7. The molecule has 1 aromatic carbocycles. The van der Waals surface area contributed by atoms with Crippen molar-refractivity contribution >= 4 is 23.5 Å². The van der Waals surface area contributed by atoms with Crippen LogP contribution in [0.2, 0.25) is 0 Å². The zero-order valence-electron chi connectivity index (χ0n) is 16.5. The van der Waals surface area contributed by atoms with Gasteiger partial charge in [0.15, 0.2) is 23.3 Å². The number of carbonyl (C=O) groups is 1. The van der Waals surface area contributed by atoms with Crippen molar-refractivity contribution in [2.45, 2.75) is 0 Å². The summed E-state index contributed by atoms with van der Waals surface area (Å²) in [5.41, 5.74) is 17.8. The third kappa shape index (κ3) is 5.39. The third-order valence-corrected chi connectivity index (χ3v) is 4.72. The van der Waals surface area contributed by atoms with Crippen molar-refractivity contribution in [1.29, 1.82) is 0 Å². The molecular formula is C19H27N9O. The zero-order chi connectivity index (χ0) is 20.8. The van der Waals surface area contributed by atoms with Crippen LogP contribution in [0.4, 0.5) is 11.6 Å². The molecule has 1 aliphatic heterocycles. The highest BCUT2D eigenvalue weighted by Crippen LogP contribution is 2.26. The number of aliphatic imine (C=N–C) groups is 1. The van der Waals surface area contributed by atoms with E-state index in [1.807, 2.05) is 30.3 Å². The lowest BCUT2D eigenvalue weighted by atomic mass is 10.1. The van der Waals surface area contributed by atoms with Crippen molar-refractivity contribution in [2.24, 2.45) is 16.5 Å². The van der Waals surface area contributed by atoms with Gasteiger partial charge in [0.2, 0.25) is 0 Å². The maximum atomic E-state index is 12.3. The van der Waals surface area contributed by atoms with Crippen LogP contribution < -0.4 is 22.5 Å². The van der Waals surface area contributed by atoms with E-state index in [1.165, 1.54) is 0 Å². The molecule has 1 amide bonds. The van der Waals surface area contributed by atoms with Gasteiger partial charge in [-0.25, -0.2) is 9.97 Å². The van der Waals surface area contributed by atoms with Gasteiger partial charge in [0.1, 0.15) is 5.69 Å². The van der Waals surface area contributed by atoms with Gasteiger partial charge in [0, 0.05) is 44.8 Å². The van der Waals surface area contributed by atoms with Crippen molar-refractivity contribution in [3.8, 4) is 11.3 Å². The maximum absolute atomic E-state index is 12.3. The molecule has 0 saturated carbocycles. The lowest BCUT2D eigenvalue weighted by molar-refractivity contribution is 0.0998. The highest BCUT2D eigenvalue weighted by atomic mass is 16.1. The fraction of sp³-hybridized carbons (Fsp3) is 0.368. The highest BCUT2D eigenvalue weighted by Gasteiger charge is 2.19. The smallest absolute Gasteiger partial charge is 0.302 e. The molecule has 0 atom stereocenters. The van der Waals surface area contributed by atoms with E-state index in [-0.39, 0.29) is 17.5 Å². The summed E-state index contributed by atoms with van der Waals surface area (Å²) in [5.74, 6) is -0.589. The number of carbonyl (C=O) groups excluding carboxylic acids is 1. The first-order valence-corrected chi connectivity index (χ1v) is 9.45. The topological polar surface area (TPSA) is 152 Å². The lowest BCUT2D eigenvalue weighted by Gasteiger charge is -2.32. The molecule has 10 nitrogen and oxygen atoms in total. The van der Waals surface area contributed by atoms with Crippen LogP contribution in [0, 0.1) is 0 Å². The second-order valence-electron chi connectivity index (χ2n) is 6.93. The normalized spacial score (nSPS) is 15.1. The van der Waals surface area contributed by atoms with Crippen molar-refractivity contribution in [2.75, 3.05) is 57.4 Å². The van der Waals surface area contributed by atoms with Crippen molar-refractivity contribution in [1.82, 2.24) is 19.8 Å². The predicted molar refractivity (Wildman–Crippen MR) is 114 cm³/mol. The van der Waals surface area contributed by atoms with E-state index in [1.54, 1.807) is 0 Å². The van der Waals surface area contributed by atoms with E-state index >= 15 is 0 Å². The van der Waals surface area contributed by atoms with Crippen LogP contribution in [0.3, 0.4) is 0 Å². The molecule has 1 fully saturated rings. The Bertz CT molecular complexity index is 873. The number of likely N-dealkylation sites (N-methyl/N-ethyl adjacent to an activating group) is 1. The summed E-state index contributed by atoms with van der Waals surface area (Å²) < 4.78 is 0. The molecule has 2 aromatic rings. The number of hydrogen-bond donors (Lipinski definition) is 4. The quantitative estimate of drug-likeness (QED) is 0.383. The van der Waals surface area contributed by atoms with Gasteiger partial charge < -0.3 is 27.4 Å². The number of aromatic nitrogens is 2. The van der Waals surface area contributed by atoms with Gasteiger partial charge in [-0.05, 0) is 7.05 Å². The van der Waals surface area contributed by atoms with E-state index in [4.69, 9.17) is 17.2 Å². The van der Waals surface area contributed by atoms with Gasteiger partial charge in [0.05, 0.1) is 0 Å². The Morgan fingerprint density at radius 3 is 2.48 bits per heavy atom. The fourth-order valence-corrected chi connectivity index (χ4v) is 3.10. The minimum Gasteiger partial charge on any atom is -0.382 e. The number of nitrogen functional groups attached to an aromatic ring is 1.